The van der Waals surface area contributed by atoms with Crippen molar-refractivity contribution in [3.05, 3.63) is 0 Å². The van der Waals surface area contributed by atoms with Crippen LogP contribution in [0.15, 0.2) is 0 Å². The van der Waals surface area contributed by atoms with Crippen molar-refractivity contribution < 1.29 is 14.2 Å². The summed E-state index contributed by atoms with van der Waals surface area (Å²) in [6.07, 6.45) is 0.555. The molecule has 0 amide bonds. The first-order chi connectivity index (χ1) is 8.07. The zero-order valence-corrected chi connectivity index (χ0v) is 11.4. The zero-order valence-electron chi connectivity index (χ0n) is 11.4. The molecule has 2 unspecified atom stereocenters. The molecule has 0 aromatic heterocycles. The molecule has 0 saturated carbocycles. The molecule has 1 rings (SSSR count). The number of morpholine rings is 1. The molecule has 0 radical (unpaired) electrons. The maximum absolute atomic E-state index is 5.96. The minimum atomic E-state index is -0.210. The summed E-state index contributed by atoms with van der Waals surface area (Å²) in [5.41, 5.74) is 5.85. The van der Waals surface area contributed by atoms with Crippen LogP contribution < -0.4 is 5.73 Å². The van der Waals surface area contributed by atoms with E-state index in [0.717, 1.165) is 26.2 Å². The molecular formula is C12H26N2O3. The summed E-state index contributed by atoms with van der Waals surface area (Å²) >= 11 is 0. The molecule has 2 N–H and O–H groups in total. The molecule has 0 aromatic carbocycles. The van der Waals surface area contributed by atoms with Crippen molar-refractivity contribution in [3.8, 4) is 0 Å². The number of ether oxygens (including phenoxy) is 3. The molecule has 102 valence electrons. The molecule has 0 bridgehead atoms. The van der Waals surface area contributed by atoms with E-state index in [-0.39, 0.29) is 11.8 Å². The summed E-state index contributed by atoms with van der Waals surface area (Å²) in [5.74, 6) is 0. The van der Waals surface area contributed by atoms with Crippen LogP contribution in [0.1, 0.15) is 20.3 Å². The van der Waals surface area contributed by atoms with Crippen molar-refractivity contribution >= 4 is 0 Å². The fourth-order valence-corrected chi connectivity index (χ4v) is 2.47. The van der Waals surface area contributed by atoms with Crippen LogP contribution >= 0.6 is 0 Å². The van der Waals surface area contributed by atoms with Gasteiger partial charge in [-0.05, 0) is 13.8 Å². The van der Waals surface area contributed by atoms with E-state index in [2.05, 4.69) is 18.7 Å². The quantitative estimate of drug-likeness (QED) is 0.689. The van der Waals surface area contributed by atoms with Crippen molar-refractivity contribution in [1.29, 1.82) is 0 Å². The summed E-state index contributed by atoms with van der Waals surface area (Å²) in [6, 6.07) is 0.381. The average Bonchev–Trinajstić information content (AvgIpc) is 2.36. The average molecular weight is 246 g/mol. The molecule has 1 heterocycles. The molecular weight excluding hydrogens is 220 g/mol. The van der Waals surface area contributed by atoms with Gasteiger partial charge in [0.2, 0.25) is 0 Å². The molecule has 1 saturated heterocycles. The van der Waals surface area contributed by atoms with Gasteiger partial charge >= 0.3 is 0 Å². The standard InChI is InChI=1S/C12H26N2O3/c1-10-8-17-6-5-14(10)12(2,9-13)7-11(15-3)16-4/h10-11H,5-9,13H2,1-4H3. The van der Waals surface area contributed by atoms with Gasteiger partial charge in [0.25, 0.3) is 0 Å². The van der Waals surface area contributed by atoms with E-state index in [1.54, 1.807) is 14.2 Å². The van der Waals surface area contributed by atoms with E-state index < -0.39 is 0 Å². The van der Waals surface area contributed by atoms with Crippen molar-refractivity contribution in [2.45, 2.75) is 38.1 Å². The normalized spacial score (nSPS) is 26.1. The maximum Gasteiger partial charge on any atom is 0.158 e. The van der Waals surface area contributed by atoms with Crippen LogP contribution in [0.3, 0.4) is 0 Å². The van der Waals surface area contributed by atoms with Crippen LogP contribution in [0.4, 0.5) is 0 Å². The van der Waals surface area contributed by atoms with Crippen LogP contribution in [-0.4, -0.2) is 63.3 Å². The van der Waals surface area contributed by atoms with E-state index in [0.29, 0.717) is 12.6 Å². The zero-order chi connectivity index (χ0) is 12.9. The van der Waals surface area contributed by atoms with Gasteiger partial charge in [-0.15, -0.1) is 0 Å². The SMILES string of the molecule is COC(CC(C)(CN)N1CCOCC1C)OC. The number of hydrogen-bond acceptors (Lipinski definition) is 5. The monoisotopic (exact) mass is 246 g/mol. The minimum absolute atomic E-state index is 0.111. The van der Waals surface area contributed by atoms with E-state index in [1.165, 1.54) is 0 Å². The highest BCUT2D eigenvalue weighted by Crippen LogP contribution is 2.25. The van der Waals surface area contributed by atoms with Gasteiger partial charge in [0.05, 0.1) is 13.2 Å². The molecule has 5 heteroatoms. The van der Waals surface area contributed by atoms with Crippen molar-refractivity contribution in [3.63, 3.8) is 0 Å². The second-order valence-corrected chi connectivity index (χ2v) is 4.92. The first kappa shape index (κ1) is 14.9. The Balaban J connectivity index is 2.71. The van der Waals surface area contributed by atoms with Crippen LogP contribution in [0, 0.1) is 0 Å². The van der Waals surface area contributed by atoms with Crippen molar-refractivity contribution in [1.82, 2.24) is 4.90 Å². The third-order valence-corrected chi connectivity index (χ3v) is 3.63. The molecule has 0 aliphatic carbocycles. The molecule has 2 atom stereocenters. The summed E-state index contributed by atoms with van der Waals surface area (Å²) in [5, 5.41) is 0. The van der Waals surface area contributed by atoms with Gasteiger partial charge < -0.3 is 19.9 Å². The molecule has 1 fully saturated rings. The van der Waals surface area contributed by atoms with Crippen molar-refractivity contribution in [2.24, 2.45) is 5.73 Å². The van der Waals surface area contributed by atoms with E-state index in [1.807, 2.05) is 0 Å². The Bertz CT molecular complexity index is 224. The van der Waals surface area contributed by atoms with E-state index >= 15 is 0 Å². The summed E-state index contributed by atoms with van der Waals surface area (Å²) < 4.78 is 16.0. The first-order valence-electron chi connectivity index (χ1n) is 6.17. The molecule has 5 nitrogen and oxygen atoms in total. The lowest BCUT2D eigenvalue weighted by molar-refractivity contribution is -0.141. The predicted octanol–water partition coefficient (Wildman–Crippen LogP) is 0.434. The molecule has 17 heavy (non-hydrogen) atoms. The van der Waals surface area contributed by atoms with Gasteiger partial charge in [-0.2, -0.15) is 0 Å². The van der Waals surface area contributed by atoms with Crippen molar-refractivity contribution in [2.75, 3.05) is 40.5 Å². The largest absolute Gasteiger partial charge is 0.379 e. The van der Waals surface area contributed by atoms with Gasteiger partial charge in [0.1, 0.15) is 0 Å². The Kier molecular flexibility index (Phi) is 5.82. The lowest BCUT2D eigenvalue weighted by Gasteiger charge is -2.47. The maximum atomic E-state index is 5.96. The Labute approximate surface area is 104 Å². The smallest absolute Gasteiger partial charge is 0.158 e. The molecule has 1 aliphatic rings. The Morgan fingerprint density at radius 2 is 2.12 bits per heavy atom. The van der Waals surface area contributed by atoms with Crippen LogP contribution in [0.5, 0.6) is 0 Å². The highest BCUT2D eigenvalue weighted by Gasteiger charge is 2.37. The molecule has 0 spiro atoms. The fraction of sp³-hybridized carbons (Fsp3) is 1.00. The van der Waals surface area contributed by atoms with Crippen LogP contribution in [0.25, 0.3) is 0 Å². The van der Waals surface area contributed by atoms with Crippen LogP contribution in [-0.2, 0) is 14.2 Å². The third kappa shape index (κ3) is 3.63. The number of rotatable bonds is 6. The summed E-state index contributed by atoms with van der Waals surface area (Å²) in [4.78, 5) is 2.40. The predicted molar refractivity (Wildman–Crippen MR) is 66.9 cm³/mol. The van der Waals surface area contributed by atoms with Gasteiger partial charge in [0, 0.05) is 45.3 Å². The minimum Gasteiger partial charge on any atom is -0.379 e. The van der Waals surface area contributed by atoms with Gasteiger partial charge in [-0.1, -0.05) is 0 Å². The fourth-order valence-electron chi connectivity index (χ4n) is 2.47. The van der Waals surface area contributed by atoms with E-state index in [4.69, 9.17) is 19.9 Å². The van der Waals surface area contributed by atoms with Gasteiger partial charge in [0.15, 0.2) is 6.29 Å². The lowest BCUT2D eigenvalue weighted by atomic mass is 9.92. The highest BCUT2D eigenvalue weighted by atomic mass is 16.7. The van der Waals surface area contributed by atoms with E-state index in [9.17, 15) is 0 Å². The van der Waals surface area contributed by atoms with Gasteiger partial charge in [-0.3, -0.25) is 4.90 Å². The Morgan fingerprint density at radius 1 is 1.47 bits per heavy atom. The Morgan fingerprint density at radius 3 is 2.59 bits per heavy atom. The molecule has 1 aliphatic heterocycles. The lowest BCUT2D eigenvalue weighted by Crippen LogP contribution is -2.60. The third-order valence-electron chi connectivity index (χ3n) is 3.63. The number of nitrogens with two attached hydrogens (primary N) is 1. The number of methoxy groups -OCH3 is 2. The second-order valence-electron chi connectivity index (χ2n) is 4.92. The number of hydrogen-bond donors (Lipinski definition) is 1. The highest BCUT2D eigenvalue weighted by molar-refractivity contribution is 4.92. The topological polar surface area (TPSA) is 57.0 Å². The summed E-state index contributed by atoms with van der Waals surface area (Å²) in [6.45, 7) is 7.36. The second kappa shape index (κ2) is 6.66. The van der Waals surface area contributed by atoms with Gasteiger partial charge in [-0.25, -0.2) is 0 Å². The first-order valence-corrected chi connectivity index (χ1v) is 6.17. The molecule has 0 aromatic rings. The van der Waals surface area contributed by atoms with Crippen LogP contribution in [0.2, 0.25) is 0 Å². The number of nitrogens with zero attached hydrogens (tertiary/aromatic N) is 1. The summed E-state index contributed by atoms with van der Waals surface area (Å²) in [7, 11) is 3.32. The Hall–Kier alpha value is -0.200.